The van der Waals surface area contributed by atoms with Crippen LogP contribution in [0.1, 0.15) is 25.0 Å². The molecule has 0 aromatic carbocycles. The Kier molecular flexibility index (Phi) is 4.43. The molecule has 0 bridgehead atoms. The zero-order valence-corrected chi connectivity index (χ0v) is 9.90. The van der Waals surface area contributed by atoms with E-state index >= 15 is 0 Å². The summed E-state index contributed by atoms with van der Waals surface area (Å²) in [6.45, 7) is 6.26. The summed E-state index contributed by atoms with van der Waals surface area (Å²) in [5.41, 5.74) is 2.27. The highest BCUT2D eigenvalue weighted by atomic mass is 16.4. The van der Waals surface area contributed by atoms with Gasteiger partial charge in [0.2, 0.25) is 0 Å². The zero-order chi connectivity index (χ0) is 12.1. The molecule has 0 fully saturated rings. The van der Waals surface area contributed by atoms with Crippen LogP contribution in [0.3, 0.4) is 0 Å². The van der Waals surface area contributed by atoms with Crippen LogP contribution in [0.2, 0.25) is 0 Å². The Hall–Kier alpha value is -1.42. The van der Waals surface area contributed by atoms with Gasteiger partial charge in [0.25, 0.3) is 0 Å². The summed E-state index contributed by atoms with van der Waals surface area (Å²) < 4.78 is 0. The number of rotatable bonds is 5. The van der Waals surface area contributed by atoms with E-state index < -0.39 is 5.97 Å². The molecule has 0 aliphatic carbocycles. The van der Waals surface area contributed by atoms with E-state index in [0.29, 0.717) is 6.54 Å². The zero-order valence-electron chi connectivity index (χ0n) is 9.90. The number of carboxylic acid groups (broad SMARTS) is 1. The van der Waals surface area contributed by atoms with Crippen LogP contribution in [-0.4, -0.2) is 22.1 Å². The lowest BCUT2D eigenvalue weighted by Gasteiger charge is -2.18. The predicted octanol–water partition coefficient (Wildman–Crippen LogP) is 1.59. The topological polar surface area (TPSA) is 62.2 Å². The molecule has 88 valence electrons. The lowest BCUT2D eigenvalue weighted by Crippen LogP contribution is -2.35. The van der Waals surface area contributed by atoms with Gasteiger partial charge in [-0.3, -0.25) is 9.78 Å². The van der Waals surface area contributed by atoms with Gasteiger partial charge in [0.05, 0.1) is 5.92 Å². The number of carbonyl (C=O) groups is 1. The molecule has 16 heavy (non-hydrogen) atoms. The summed E-state index contributed by atoms with van der Waals surface area (Å²) in [6.07, 6.45) is 3.55. The van der Waals surface area contributed by atoms with E-state index in [-0.39, 0.29) is 12.0 Å². The first kappa shape index (κ1) is 12.6. The second-order valence-corrected chi connectivity index (χ2v) is 4.10. The van der Waals surface area contributed by atoms with Crippen LogP contribution >= 0.6 is 0 Å². The van der Waals surface area contributed by atoms with Crippen molar-refractivity contribution in [2.75, 3.05) is 0 Å². The van der Waals surface area contributed by atoms with Crippen molar-refractivity contribution in [3.8, 4) is 0 Å². The van der Waals surface area contributed by atoms with Gasteiger partial charge in [-0.15, -0.1) is 0 Å². The molecule has 0 amide bonds. The molecule has 4 heteroatoms. The Bertz CT molecular complexity index is 366. The second-order valence-electron chi connectivity index (χ2n) is 4.10. The minimum atomic E-state index is -0.772. The third kappa shape index (κ3) is 3.31. The number of pyridine rings is 1. The molecule has 1 aromatic rings. The summed E-state index contributed by atoms with van der Waals surface area (Å²) in [6, 6.07) is 1.89. The van der Waals surface area contributed by atoms with E-state index in [2.05, 4.69) is 10.3 Å². The van der Waals surface area contributed by atoms with E-state index in [1.807, 2.05) is 26.1 Å². The second kappa shape index (κ2) is 5.61. The van der Waals surface area contributed by atoms with Gasteiger partial charge in [0.1, 0.15) is 0 Å². The molecule has 0 aliphatic heterocycles. The standard InChI is InChI=1S/C12H18N2O2/c1-8-6-13-5-4-11(8)7-14-10(3)9(2)12(15)16/h4-6,9-10,14H,7H2,1-3H3,(H,15,16). The smallest absolute Gasteiger partial charge is 0.307 e. The van der Waals surface area contributed by atoms with E-state index in [1.54, 1.807) is 13.1 Å². The van der Waals surface area contributed by atoms with Gasteiger partial charge >= 0.3 is 5.97 Å². The Morgan fingerprint density at radius 1 is 1.56 bits per heavy atom. The summed E-state index contributed by atoms with van der Waals surface area (Å²) in [4.78, 5) is 14.8. The number of carboxylic acids is 1. The van der Waals surface area contributed by atoms with Crippen LogP contribution in [0.4, 0.5) is 0 Å². The number of hydrogen-bond acceptors (Lipinski definition) is 3. The Morgan fingerprint density at radius 3 is 2.81 bits per heavy atom. The predicted molar refractivity (Wildman–Crippen MR) is 62.1 cm³/mol. The van der Waals surface area contributed by atoms with Gasteiger partial charge in [0, 0.05) is 25.0 Å². The Labute approximate surface area is 95.7 Å². The molecule has 0 aliphatic rings. The minimum Gasteiger partial charge on any atom is -0.481 e. The molecule has 0 radical (unpaired) electrons. The molecule has 0 saturated carbocycles. The van der Waals surface area contributed by atoms with Crippen LogP contribution in [0.15, 0.2) is 18.5 Å². The van der Waals surface area contributed by atoms with Crippen molar-refractivity contribution < 1.29 is 9.90 Å². The van der Waals surface area contributed by atoms with Gasteiger partial charge in [-0.05, 0) is 31.0 Å². The Morgan fingerprint density at radius 2 is 2.25 bits per heavy atom. The van der Waals surface area contributed by atoms with Crippen LogP contribution in [0.5, 0.6) is 0 Å². The fourth-order valence-corrected chi connectivity index (χ4v) is 1.36. The molecule has 4 nitrogen and oxygen atoms in total. The minimum absolute atomic E-state index is 0.0509. The number of aliphatic carboxylic acids is 1. The fraction of sp³-hybridized carbons (Fsp3) is 0.500. The SMILES string of the molecule is Cc1cnccc1CNC(C)C(C)C(=O)O. The number of nitrogens with one attached hydrogen (secondary N) is 1. The largest absolute Gasteiger partial charge is 0.481 e. The number of nitrogens with zero attached hydrogens (tertiary/aromatic N) is 1. The number of hydrogen-bond donors (Lipinski definition) is 2. The van der Waals surface area contributed by atoms with Crippen LogP contribution in [-0.2, 0) is 11.3 Å². The van der Waals surface area contributed by atoms with E-state index in [1.165, 1.54) is 0 Å². The first-order chi connectivity index (χ1) is 7.52. The third-order valence-electron chi connectivity index (χ3n) is 2.89. The van der Waals surface area contributed by atoms with Gasteiger partial charge in [-0.1, -0.05) is 6.92 Å². The maximum atomic E-state index is 10.8. The van der Waals surface area contributed by atoms with Crippen molar-refractivity contribution in [1.82, 2.24) is 10.3 Å². The van der Waals surface area contributed by atoms with Gasteiger partial charge in [-0.25, -0.2) is 0 Å². The summed E-state index contributed by atoms with van der Waals surface area (Å²) in [5.74, 6) is -1.16. The maximum Gasteiger partial charge on any atom is 0.307 e. The van der Waals surface area contributed by atoms with Crippen LogP contribution in [0, 0.1) is 12.8 Å². The van der Waals surface area contributed by atoms with E-state index in [0.717, 1.165) is 11.1 Å². The average molecular weight is 222 g/mol. The Balaban J connectivity index is 2.52. The van der Waals surface area contributed by atoms with Crippen molar-refractivity contribution >= 4 is 5.97 Å². The van der Waals surface area contributed by atoms with E-state index in [4.69, 9.17) is 5.11 Å². The highest BCUT2D eigenvalue weighted by Gasteiger charge is 2.18. The molecular formula is C12H18N2O2. The van der Waals surface area contributed by atoms with Crippen molar-refractivity contribution in [2.45, 2.75) is 33.4 Å². The van der Waals surface area contributed by atoms with Crippen molar-refractivity contribution in [1.29, 1.82) is 0 Å². The molecule has 1 heterocycles. The lowest BCUT2D eigenvalue weighted by molar-refractivity contribution is -0.141. The molecule has 1 rings (SSSR count). The van der Waals surface area contributed by atoms with Gasteiger partial charge < -0.3 is 10.4 Å². The molecule has 2 unspecified atom stereocenters. The van der Waals surface area contributed by atoms with Gasteiger partial charge in [-0.2, -0.15) is 0 Å². The third-order valence-corrected chi connectivity index (χ3v) is 2.89. The first-order valence-electron chi connectivity index (χ1n) is 5.38. The fourth-order valence-electron chi connectivity index (χ4n) is 1.36. The van der Waals surface area contributed by atoms with Crippen molar-refractivity contribution in [3.63, 3.8) is 0 Å². The molecule has 0 spiro atoms. The highest BCUT2D eigenvalue weighted by molar-refractivity contribution is 5.70. The summed E-state index contributed by atoms with van der Waals surface area (Å²) in [5, 5.41) is 12.1. The maximum absolute atomic E-state index is 10.8. The molecule has 0 saturated heterocycles. The van der Waals surface area contributed by atoms with E-state index in [9.17, 15) is 4.79 Å². The molecule has 2 N–H and O–H groups in total. The quantitative estimate of drug-likeness (QED) is 0.794. The monoisotopic (exact) mass is 222 g/mol. The first-order valence-corrected chi connectivity index (χ1v) is 5.38. The van der Waals surface area contributed by atoms with Crippen LogP contribution < -0.4 is 5.32 Å². The normalized spacial score (nSPS) is 14.4. The van der Waals surface area contributed by atoms with Gasteiger partial charge in [0.15, 0.2) is 0 Å². The summed E-state index contributed by atoms with van der Waals surface area (Å²) in [7, 11) is 0. The highest BCUT2D eigenvalue weighted by Crippen LogP contribution is 2.07. The van der Waals surface area contributed by atoms with Crippen molar-refractivity contribution in [2.24, 2.45) is 5.92 Å². The average Bonchev–Trinajstić information content (AvgIpc) is 2.26. The molecule has 2 atom stereocenters. The number of aryl methyl sites for hydroxylation is 1. The summed E-state index contributed by atoms with van der Waals surface area (Å²) >= 11 is 0. The number of aromatic nitrogens is 1. The van der Waals surface area contributed by atoms with Crippen molar-refractivity contribution in [3.05, 3.63) is 29.6 Å². The van der Waals surface area contributed by atoms with Crippen LogP contribution in [0.25, 0.3) is 0 Å². The molecular weight excluding hydrogens is 204 g/mol. The molecule has 1 aromatic heterocycles. The lowest BCUT2D eigenvalue weighted by atomic mass is 10.0.